The number of hydrogen-bond acceptors (Lipinski definition) is 6. The van der Waals surface area contributed by atoms with Gasteiger partial charge < -0.3 is 9.15 Å². The van der Waals surface area contributed by atoms with E-state index in [2.05, 4.69) is 20.9 Å². The molecule has 162 valence electrons. The van der Waals surface area contributed by atoms with Gasteiger partial charge in [0.05, 0.1) is 23.3 Å². The number of aliphatic imine (C=N–C) groups is 1. The lowest BCUT2D eigenvalue weighted by Crippen LogP contribution is -2.28. The highest BCUT2D eigenvalue weighted by Crippen LogP contribution is 2.35. The molecule has 8 heteroatoms. The number of methoxy groups -OCH3 is 1. The molecule has 1 saturated heterocycles. The number of ether oxygens (including phenoxy) is 1. The van der Waals surface area contributed by atoms with Crippen LogP contribution in [0.3, 0.4) is 0 Å². The highest BCUT2D eigenvalue weighted by atomic mass is 79.9. The topological polar surface area (TPSA) is 72.1 Å². The van der Waals surface area contributed by atoms with Crippen molar-refractivity contribution in [3.05, 3.63) is 81.4 Å². The Morgan fingerprint density at radius 3 is 2.50 bits per heavy atom. The Kier molecular flexibility index (Phi) is 6.62. The standard InChI is InChI=1S/C24H19BrN2O4S/c1-3-27-22(28)21(14-19-12-13-20(31-19)15-4-8-17(25)9-5-15)32-24(27)26-18-10-6-16(7-11-18)23(29)30-2/h4-14H,3H2,1-2H3/b21-14+,26-24?. The molecule has 2 aromatic carbocycles. The predicted octanol–water partition coefficient (Wildman–Crippen LogP) is 6.12. The summed E-state index contributed by atoms with van der Waals surface area (Å²) in [5.74, 6) is 0.797. The molecule has 1 fully saturated rings. The van der Waals surface area contributed by atoms with Crippen molar-refractivity contribution in [1.29, 1.82) is 0 Å². The number of carbonyl (C=O) groups is 2. The SMILES string of the molecule is CCN1C(=O)/C(=C\c2ccc(-c3ccc(Br)cc3)o2)SC1=Nc1ccc(C(=O)OC)cc1. The molecule has 1 aliphatic heterocycles. The first-order chi connectivity index (χ1) is 15.5. The number of benzene rings is 2. The third-order valence-corrected chi connectivity index (χ3v) is 6.28. The summed E-state index contributed by atoms with van der Waals surface area (Å²) in [6.07, 6.45) is 1.74. The Morgan fingerprint density at radius 1 is 1.12 bits per heavy atom. The van der Waals surface area contributed by atoms with Gasteiger partial charge in [0.2, 0.25) is 0 Å². The summed E-state index contributed by atoms with van der Waals surface area (Å²) in [5, 5.41) is 0.578. The van der Waals surface area contributed by atoms with Crippen molar-refractivity contribution in [1.82, 2.24) is 4.90 Å². The van der Waals surface area contributed by atoms with Crippen LogP contribution in [0.4, 0.5) is 5.69 Å². The zero-order valence-electron chi connectivity index (χ0n) is 17.4. The smallest absolute Gasteiger partial charge is 0.337 e. The van der Waals surface area contributed by atoms with Crippen molar-refractivity contribution in [3.8, 4) is 11.3 Å². The Morgan fingerprint density at radius 2 is 1.84 bits per heavy atom. The molecule has 0 radical (unpaired) electrons. The van der Waals surface area contributed by atoms with Gasteiger partial charge in [0.25, 0.3) is 5.91 Å². The molecule has 2 heterocycles. The van der Waals surface area contributed by atoms with Crippen LogP contribution in [0, 0.1) is 0 Å². The molecular weight excluding hydrogens is 492 g/mol. The van der Waals surface area contributed by atoms with Crippen LogP contribution in [-0.2, 0) is 9.53 Å². The summed E-state index contributed by atoms with van der Waals surface area (Å²) in [7, 11) is 1.34. The minimum absolute atomic E-state index is 0.121. The van der Waals surface area contributed by atoms with Crippen LogP contribution in [0.5, 0.6) is 0 Å². The molecule has 3 aromatic rings. The van der Waals surface area contributed by atoms with Gasteiger partial charge in [-0.2, -0.15) is 0 Å². The van der Waals surface area contributed by atoms with E-state index >= 15 is 0 Å². The second kappa shape index (κ2) is 9.58. The number of nitrogens with zero attached hydrogens (tertiary/aromatic N) is 2. The summed E-state index contributed by atoms with van der Waals surface area (Å²) in [6.45, 7) is 2.39. The number of thioether (sulfide) groups is 1. The number of halogens is 1. The number of likely N-dealkylation sites (N-methyl/N-ethyl adjacent to an activating group) is 1. The van der Waals surface area contributed by atoms with Crippen LogP contribution < -0.4 is 0 Å². The zero-order chi connectivity index (χ0) is 22.7. The minimum Gasteiger partial charge on any atom is -0.465 e. The highest BCUT2D eigenvalue weighted by Gasteiger charge is 2.32. The predicted molar refractivity (Wildman–Crippen MR) is 130 cm³/mol. The zero-order valence-corrected chi connectivity index (χ0v) is 19.8. The molecule has 32 heavy (non-hydrogen) atoms. The number of furan rings is 1. The van der Waals surface area contributed by atoms with E-state index < -0.39 is 5.97 Å². The van der Waals surface area contributed by atoms with Gasteiger partial charge in [-0.05, 0) is 67.2 Å². The van der Waals surface area contributed by atoms with E-state index in [4.69, 9.17) is 9.15 Å². The molecule has 0 spiro atoms. The summed E-state index contributed by atoms with van der Waals surface area (Å²) in [5.41, 5.74) is 2.04. The van der Waals surface area contributed by atoms with Crippen LogP contribution in [-0.4, -0.2) is 35.6 Å². The molecule has 0 atom stereocenters. The first kappa shape index (κ1) is 22.1. The molecule has 1 aromatic heterocycles. The molecule has 0 N–H and O–H groups in total. The van der Waals surface area contributed by atoms with E-state index in [9.17, 15) is 9.59 Å². The van der Waals surface area contributed by atoms with Crippen molar-refractivity contribution >= 4 is 56.5 Å². The Bertz CT molecular complexity index is 1210. The largest absolute Gasteiger partial charge is 0.465 e. The van der Waals surface area contributed by atoms with Crippen LogP contribution in [0.15, 0.2) is 79.5 Å². The average molecular weight is 511 g/mol. The van der Waals surface area contributed by atoms with Crippen molar-refractivity contribution in [2.24, 2.45) is 4.99 Å². The Balaban J connectivity index is 1.57. The third kappa shape index (κ3) is 4.71. The number of hydrogen-bond donors (Lipinski definition) is 0. The van der Waals surface area contributed by atoms with E-state index in [0.717, 1.165) is 15.8 Å². The maximum absolute atomic E-state index is 12.9. The molecule has 0 bridgehead atoms. The lowest BCUT2D eigenvalue weighted by molar-refractivity contribution is -0.122. The molecule has 0 unspecified atom stereocenters. The fourth-order valence-corrected chi connectivity index (χ4v) is 4.41. The first-order valence-corrected chi connectivity index (χ1v) is 11.4. The summed E-state index contributed by atoms with van der Waals surface area (Å²) < 4.78 is 11.6. The van der Waals surface area contributed by atoms with Gasteiger partial charge in [-0.3, -0.25) is 9.69 Å². The van der Waals surface area contributed by atoms with Crippen molar-refractivity contribution in [3.63, 3.8) is 0 Å². The number of amidine groups is 1. The van der Waals surface area contributed by atoms with Gasteiger partial charge in [-0.15, -0.1) is 0 Å². The van der Waals surface area contributed by atoms with Crippen LogP contribution in [0.25, 0.3) is 17.4 Å². The molecule has 0 saturated carbocycles. The second-order valence-corrected chi connectivity index (χ2v) is 8.73. The lowest BCUT2D eigenvalue weighted by atomic mass is 10.2. The highest BCUT2D eigenvalue weighted by molar-refractivity contribution is 9.10. The number of carbonyl (C=O) groups excluding carboxylic acids is 2. The first-order valence-electron chi connectivity index (χ1n) is 9.82. The van der Waals surface area contributed by atoms with E-state index in [1.54, 1.807) is 35.2 Å². The van der Waals surface area contributed by atoms with Gasteiger partial charge in [-0.1, -0.05) is 28.1 Å². The fraction of sp³-hybridized carbons (Fsp3) is 0.125. The second-order valence-electron chi connectivity index (χ2n) is 6.80. The average Bonchev–Trinajstić information content (AvgIpc) is 3.39. The summed E-state index contributed by atoms with van der Waals surface area (Å²) in [6, 6.07) is 18.3. The molecule has 6 nitrogen and oxygen atoms in total. The maximum atomic E-state index is 12.9. The van der Waals surface area contributed by atoms with E-state index in [1.807, 2.05) is 43.3 Å². The summed E-state index contributed by atoms with van der Waals surface area (Å²) in [4.78, 5) is 31.2. The van der Waals surface area contributed by atoms with Crippen molar-refractivity contribution in [2.75, 3.05) is 13.7 Å². The third-order valence-electron chi connectivity index (χ3n) is 4.75. The van der Waals surface area contributed by atoms with Gasteiger partial charge in [0, 0.05) is 22.7 Å². The molecule has 4 rings (SSSR count). The molecular formula is C24H19BrN2O4S. The summed E-state index contributed by atoms with van der Waals surface area (Å²) >= 11 is 4.72. The monoisotopic (exact) mass is 510 g/mol. The van der Waals surface area contributed by atoms with Crippen LogP contribution >= 0.6 is 27.7 Å². The molecule has 0 aliphatic carbocycles. The van der Waals surface area contributed by atoms with Gasteiger partial charge in [-0.25, -0.2) is 9.79 Å². The minimum atomic E-state index is -0.406. The van der Waals surface area contributed by atoms with Crippen molar-refractivity contribution in [2.45, 2.75) is 6.92 Å². The van der Waals surface area contributed by atoms with Gasteiger partial charge >= 0.3 is 5.97 Å². The van der Waals surface area contributed by atoms with Crippen molar-refractivity contribution < 1.29 is 18.7 Å². The Hall–Kier alpha value is -3.10. The molecule has 1 aliphatic rings. The number of rotatable bonds is 5. The maximum Gasteiger partial charge on any atom is 0.337 e. The van der Waals surface area contributed by atoms with Gasteiger partial charge in [0.1, 0.15) is 11.5 Å². The normalized spacial score (nSPS) is 16.2. The number of esters is 1. The van der Waals surface area contributed by atoms with E-state index in [1.165, 1.54) is 18.9 Å². The fourth-order valence-electron chi connectivity index (χ4n) is 3.10. The van der Waals surface area contributed by atoms with Crippen LogP contribution in [0.1, 0.15) is 23.0 Å². The number of amides is 1. The Labute approximate surface area is 198 Å². The van der Waals surface area contributed by atoms with E-state index in [0.29, 0.717) is 33.6 Å². The van der Waals surface area contributed by atoms with Crippen LogP contribution in [0.2, 0.25) is 0 Å². The van der Waals surface area contributed by atoms with Gasteiger partial charge in [0.15, 0.2) is 5.17 Å². The van der Waals surface area contributed by atoms with E-state index in [-0.39, 0.29) is 5.91 Å². The quantitative estimate of drug-likeness (QED) is 0.305. The lowest BCUT2D eigenvalue weighted by Gasteiger charge is -2.12. The molecule has 1 amide bonds.